The maximum atomic E-state index is 13.0. The van der Waals surface area contributed by atoms with Crippen LogP contribution in [0.3, 0.4) is 0 Å². The van der Waals surface area contributed by atoms with Crippen LogP contribution in [0.2, 0.25) is 0 Å². The van der Waals surface area contributed by atoms with Gasteiger partial charge in [0.15, 0.2) is 0 Å². The number of carbonyl (C=O) groups excluding carboxylic acids is 2. The number of hydrogen-bond acceptors (Lipinski definition) is 4. The van der Waals surface area contributed by atoms with Gasteiger partial charge in [-0.1, -0.05) is 23.8 Å². The summed E-state index contributed by atoms with van der Waals surface area (Å²) >= 11 is 0. The van der Waals surface area contributed by atoms with E-state index in [1.54, 1.807) is 17.1 Å². The molecule has 1 atom stereocenters. The van der Waals surface area contributed by atoms with E-state index in [-0.39, 0.29) is 23.3 Å². The molecule has 7 nitrogen and oxygen atoms in total. The molecule has 4 rings (SSSR count). The van der Waals surface area contributed by atoms with Crippen molar-refractivity contribution in [2.24, 2.45) is 5.92 Å². The number of aromatic nitrogens is 3. The van der Waals surface area contributed by atoms with Crippen molar-refractivity contribution < 1.29 is 9.59 Å². The minimum absolute atomic E-state index is 0.00379. The lowest BCUT2D eigenvalue weighted by Crippen LogP contribution is -2.44. The van der Waals surface area contributed by atoms with Crippen molar-refractivity contribution in [1.82, 2.24) is 20.1 Å². The Kier molecular flexibility index (Phi) is 7.11. The third-order valence-corrected chi connectivity index (χ3v) is 6.45. The zero-order valence-electron chi connectivity index (χ0n) is 22.0. The van der Waals surface area contributed by atoms with Gasteiger partial charge in [0.1, 0.15) is 0 Å². The molecule has 36 heavy (non-hydrogen) atoms. The fourth-order valence-corrected chi connectivity index (χ4v) is 4.52. The Balaban J connectivity index is 1.44. The topological polar surface area (TPSA) is 88.9 Å². The summed E-state index contributed by atoms with van der Waals surface area (Å²) in [6.07, 6.45) is 7.74. The largest absolute Gasteiger partial charge is 0.351 e. The first-order valence-electron chi connectivity index (χ1n) is 12.4. The van der Waals surface area contributed by atoms with Gasteiger partial charge >= 0.3 is 0 Å². The van der Waals surface area contributed by atoms with Crippen molar-refractivity contribution in [2.45, 2.75) is 66.3 Å². The molecule has 3 aromatic rings. The minimum atomic E-state index is -0.225. The fraction of sp³-hybridized carbons (Fsp3) is 0.379. The average molecular weight is 486 g/mol. The van der Waals surface area contributed by atoms with Gasteiger partial charge in [0.25, 0.3) is 5.91 Å². The number of anilines is 1. The molecule has 1 aliphatic rings. The van der Waals surface area contributed by atoms with Crippen molar-refractivity contribution in [3.8, 4) is 5.69 Å². The molecular weight excluding hydrogens is 450 g/mol. The maximum absolute atomic E-state index is 13.0. The lowest BCUT2D eigenvalue weighted by atomic mass is 9.86. The number of pyridine rings is 1. The monoisotopic (exact) mass is 485 g/mol. The Morgan fingerprint density at radius 1 is 1.06 bits per heavy atom. The molecule has 0 saturated carbocycles. The highest BCUT2D eigenvalue weighted by atomic mass is 16.2. The zero-order valence-corrected chi connectivity index (χ0v) is 22.0. The Morgan fingerprint density at radius 3 is 2.39 bits per heavy atom. The number of nitrogens with one attached hydrogen (secondary N) is 2. The summed E-state index contributed by atoms with van der Waals surface area (Å²) in [5, 5.41) is 10.5. The van der Waals surface area contributed by atoms with E-state index in [0.717, 1.165) is 41.1 Å². The van der Waals surface area contributed by atoms with Crippen LogP contribution in [0.1, 0.15) is 72.9 Å². The van der Waals surface area contributed by atoms with Crippen molar-refractivity contribution in [3.63, 3.8) is 0 Å². The molecule has 0 spiro atoms. The normalized spacial score (nSPS) is 15.8. The molecule has 0 saturated heterocycles. The highest BCUT2D eigenvalue weighted by molar-refractivity contribution is 6.05. The van der Waals surface area contributed by atoms with Gasteiger partial charge in [0.05, 0.1) is 40.7 Å². The number of hydrogen-bond donors (Lipinski definition) is 2. The van der Waals surface area contributed by atoms with E-state index in [2.05, 4.69) is 26.8 Å². The molecule has 188 valence electrons. The van der Waals surface area contributed by atoms with Gasteiger partial charge < -0.3 is 10.6 Å². The van der Waals surface area contributed by atoms with Crippen LogP contribution in [0.15, 0.2) is 48.8 Å². The van der Waals surface area contributed by atoms with Gasteiger partial charge in [-0.3, -0.25) is 14.6 Å². The maximum Gasteiger partial charge on any atom is 0.259 e. The summed E-state index contributed by atoms with van der Waals surface area (Å²) in [6.45, 7) is 11.9. The Labute approximate surface area is 213 Å². The first-order valence-corrected chi connectivity index (χ1v) is 12.4. The molecule has 2 N–H and O–H groups in total. The number of benzene rings is 1. The average Bonchev–Trinajstić information content (AvgIpc) is 3.20. The van der Waals surface area contributed by atoms with E-state index in [9.17, 15) is 9.59 Å². The van der Waals surface area contributed by atoms with Crippen LogP contribution >= 0.6 is 0 Å². The van der Waals surface area contributed by atoms with Crippen LogP contribution < -0.4 is 10.6 Å². The molecule has 0 radical (unpaired) electrons. The van der Waals surface area contributed by atoms with Crippen LogP contribution in [0.25, 0.3) is 11.3 Å². The van der Waals surface area contributed by atoms with Gasteiger partial charge in [-0.05, 0) is 90.1 Å². The van der Waals surface area contributed by atoms with E-state index in [1.807, 2.05) is 71.9 Å². The fourth-order valence-electron chi connectivity index (χ4n) is 4.52. The second-order valence-electron chi connectivity index (χ2n) is 10.7. The third kappa shape index (κ3) is 5.73. The van der Waals surface area contributed by atoms with Crippen LogP contribution in [0.5, 0.6) is 0 Å². The van der Waals surface area contributed by atoms with E-state index >= 15 is 0 Å². The van der Waals surface area contributed by atoms with E-state index in [4.69, 9.17) is 0 Å². The molecule has 2 amide bonds. The Hall–Kier alpha value is -3.74. The standard InChI is InChI=1S/C29H35N5O2/c1-18-7-13-24(14-8-18)34-20(3)25(17-31-34)28(36)32-23-15-19(2)26(30-16-23)21-9-11-22(12-10-21)27(35)33-29(4,5)6/h7-9,13-17,22H,10-12H2,1-6H3,(H,32,36)(H,33,35). The summed E-state index contributed by atoms with van der Waals surface area (Å²) in [5.74, 6) is -0.109. The van der Waals surface area contributed by atoms with Gasteiger partial charge in [0.2, 0.25) is 5.91 Å². The number of carbonyl (C=O) groups is 2. The predicted molar refractivity (Wildman–Crippen MR) is 143 cm³/mol. The molecule has 2 aromatic heterocycles. The first-order chi connectivity index (χ1) is 17.0. The Morgan fingerprint density at radius 2 is 1.78 bits per heavy atom. The van der Waals surface area contributed by atoms with Gasteiger partial charge in [-0.25, -0.2) is 4.68 Å². The van der Waals surface area contributed by atoms with E-state index in [1.165, 1.54) is 5.56 Å². The van der Waals surface area contributed by atoms with Gasteiger partial charge in [-0.2, -0.15) is 5.10 Å². The third-order valence-electron chi connectivity index (χ3n) is 6.45. The first kappa shape index (κ1) is 25.4. The predicted octanol–water partition coefficient (Wildman–Crippen LogP) is 5.54. The lowest BCUT2D eigenvalue weighted by Gasteiger charge is -2.27. The molecule has 0 aliphatic heterocycles. The van der Waals surface area contributed by atoms with Crippen LogP contribution in [0, 0.1) is 26.7 Å². The molecule has 1 aromatic carbocycles. The van der Waals surface area contributed by atoms with Crippen molar-refractivity contribution in [3.05, 3.63) is 76.9 Å². The van der Waals surface area contributed by atoms with Gasteiger partial charge in [0, 0.05) is 11.5 Å². The zero-order chi connectivity index (χ0) is 26.0. The smallest absolute Gasteiger partial charge is 0.259 e. The summed E-state index contributed by atoms with van der Waals surface area (Å²) in [7, 11) is 0. The summed E-state index contributed by atoms with van der Waals surface area (Å²) in [4.78, 5) is 30.2. The number of aryl methyl sites for hydroxylation is 2. The SMILES string of the molecule is Cc1ccc(-n2ncc(C(=O)Nc3cnc(C4=CCC(C(=O)NC(C)(C)C)CC4)c(C)c3)c2C)cc1. The number of rotatable bonds is 5. The molecule has 1 unspecified atom stereocenters. The number of nitrogens with zero attached hydrogens (tertiary/aromatic N) is 3. The van der Waals surface area contributed by atoms with E-state index < -0.39 is 0 Å². The molecule has 1 aliphatic carbocycles. The number of amides is 2. The lowest BCUT2D eigenvalue weighted by molar-refractivity contribution is -0.126. The highest BCUT2D eigenvalue weighted by Crippen LogP contribution is 2.32. The highest BCUT2D eigenvalue weighted by Gasteiger charge is 2.26. The molecular formula is C29H35N5O2. The summed E-state index contributed by atoms with van der Waals surface area (Å²) < 4.78 is 1.77. The molecule has 7 heteroatoms. The van der Waals surface area contributed by atoms with Crippen molar-refractivity contribution in [2.75, 3.05) is 5.32 Å². The summed E-state index contributed by atoms with van der Waals surface area (Å²) in [6, 6.07) is 9.97. The second kappa shape index (κ2) is 10.1. The van der Waals surface area contributed by atoms with Crippen molar-refractivity contribution in [1.29, 1.82) is 0 Å². The van der Waals surface area contributed by atoms with Crippen molar-refractivity contribution >= 4 is 23.1 Å². The van der Waals surface area contributed by atoms with Crippen LogP contribution in [0.4, 0.5) is 5.69 Å². The van der Waals surface area contributed by atoms with Gasteiger partial charge in [-0.15, -0.1) is 0 Å². The second-order valence-corrected chi connectivity index (χ2v) is 10.7. The minimum Gasteiger partial charge on any atom is -0.351 e. The molecule has 0 bridgehead atoms. The molecule has 2 heterocycles. The quantitative estimate of drug-likeness (QED) is 0.496. The molecule has 0 fully saturated rings. The number of allylic oxidation sites excluding steroid dienone is 2. The van der Waals surface area contributed by atoms with Crippen LogP contribution in [-0.2, 0) is 4.79 Å². The van der Waals surface area contributed by atoms with Crippen LogP contribution in [-0.4, -0.2) is 32.1 Å². The Bertz CT molecular complexity index is 1310. The van der Waals surface area contributed by atoms with E-state index in [0.29, 0.717) is 17.7 Å². The summed E-state index contributed by atoms with van der Waals surface area (Å²) in [5.41, 5.74) is 6.86.